The molecule has 0 bridgehead atoms. The van der Waals surface area contributed by atoms with Gasteiger partial charge in [0.05, 0.1) is 31.4 Å². The molecule has 1 aromatic carbocycles. The van der Waals surface area contributed by atoms with E-state index in [1.807, 2.05) is 33.8 Å². The number of hydrogen-bond acceptors (Lipinski definition) is 5. The molecule has 1 fully saturated rings. The number of anilines is 1. The minimum absolute atomic E-state index is 0.287. The lowest BCUT2D eigenvalue weighted by Gasteiger charge is -2.33. The van der Waals surface area contributed by atoms with Crippen molar-refractivity contribution in [3.05, 3.63) is 52.0 Å². The summed E-state index contributed by atoms with van der Waals surface area (Å²) in [5, 5.41) is 7.58. The molecule has 0 saturated carbocycles. The molecule has 1 unspecified atom stereocenters. The summed E-state index contributed by atoms with van der Waals surface area (Å²) in [6.07, 6.45) is 10.3. The highest BCUT2D eigenvalue weighted by molar-refractivity contribution is 6.30. The number of ether oxygens (including phenoxy) is 2. The van der Waals surface area contributed by atoms with Crippen LogP contribution in [0.2, 0.25) is 5.02 Å². The summed E-state index contributed by atoms with van der Waals surface area (Å²) in [5.74, 6) is 0.436. The largest absolute Gasteiger partial charge is 0.467 e. The number of carbonyl (C=O) groups is 1. The number of nitrogens with zero attached hydrogens (tertiary/aromatic N) is 3. The third-order valence-electron chi connectivity index (χ3n) is 4.95. The SMILES string of the molecule is COC(=O)C1COCCN1c1nn(-c2ccc(Cl)cc2)c2c1=CC=CCCC=2. The number of fused-ring (bicyclic) bond motifs is 1. The first-order chi connectivity index (χ1) is 13.7. The molecule has 2 aromatic rings. The number of benzene rings is 1. The average molecular weight is 400 g/mol. The Morgan fingerprint density at radius 1 is 1.29 bits per heavy atom. The van der Waals surface area contributed by atoms with Gasteiger partial charge < -0.3 is 14.4 Å². The van der Waals surface area contributed by atoms with Crippen LogP contribution in [-0.4, -0.2) is 48.7 Å². The molecule has 7 heteroatoms. The molecular weight excluding hydrogens is 378 g/mol. The first kappa shape index (κ1) is 18.8. The van der Waals surface area contributed by atoms with Gasteiger partial charge in [-0.25, -0.2) is 9.48 Å². The molecule has 1 saturated heterocycles. The lowest BCUT2D eigenvalue weighted by Crippen LogP contribution is -2.52. The first-order valence-corrected chi connectivity index (χ1v) is 9.71. The van der Waals surface area contributed by atoms with E-state index in [2.05, 4.69) is 24.3 Å². The number of morpholine rings is 1. The van der Waals surface area contributed by atoms with Crippen molar-refractivity contribution >= 4 is 35.5 Å². The fourth-order valence-electron chi connectivity index (χ4n) is 3.54. The average Bonchev–Trinajstić information content (AvgIpc) is 3.05. The molecule has 28 heavy (non-hydrogen) atoms. The molecule has 6 nitrogen and oxygen atoms in total. The number of halogens is 1. The van der Waals surface area contributed by atoms with Crippen LogP contribution in [0.5, 0.6) is 0 Å². The Labute approximate surface area is 168 Å². The third kappa shape index (κ3) is 3.57. The normalized spacial score (nSPS) is 19.1. The van der Waals surface area contributed by atoms with E-state index < -0.39 is 6.04 Å². The molecular formula is C21H22ClN3O3. The Balaban J connectivity index is 1.91. The lowest BCUT2D eigenvalue weighted by molar-refractivity contribution is -0.144. The fraction of sp³-hybridized carbons (Fsp3) is 0.333. The summed E-state index contributed by atoms with van der Waals surface area (Å²) >= 11 is 6.06. The maximum absolute atomic E-state index is 12.3. The monoisotopic (exact) mass is 399 g/mol. The molecule has 0 amide bonds. The molecule has 2 aliphatic rings. The van der Waals surface area contributed by atoms with Crippen LogP contribution in [0.4, 0.5) is 5.82 Å². The molecule has 2 heterocycles. The van der Waals surface area contributed by atoms with Crippen molar-refractivity contribution in [2.75, 3.05) is 31.8 Å². The maximum atomic E-state index is 12.3. The van der Waals surface area contributed by atoms with Gasteiger partial charge >= 0.3 is 5.97 Å². The second-order valence-corrected chi connectivity index (χ2v) is 7.13. The number of carbonyl (C=O) groups excluding carboxylic acids is 1. The van der Waals surface area contributed by atoms with Crippen molar-refractivity contribution in [1.82, 2.24) is 9.78 Å². The second kappa shape index (κ2) is 8.20. The Morgan fingerprint density at radius 3 is 2.89 bits per heavy atom. The van der Waals surface area contributed by atoms with Crippen molar-refractivity contribution in [3.63, 3.8) is 0 Å². The van der Waals surface area contributed by atoms with Crippen molar-refractivity contribution in [2.45, 2.75) is 18.9 Å². The molecule has 1 aliphatic heterocycles. The van der Waals surface area contributed by atoms with Crippen LogP contribution < -0.4 is 15.5 Å². The van der Waals surface area contributed by atoms with Gasteiger partial charge in [0.15, 0.2) is 11.9 Å². The quantitative estimate of drug-likeness (QED) is 0.737. The zero-order valence-electron chi connectivity index (χ0n) is 15.7. The number of methoxy groups -OCH3 is 1. The Hall–Kier alpha value is -2.57. The van der Waals surface area contributed by atoms with Gasteiger partial charge in [-0.3, -0.25) is 0 Å². The van der Waals surface area contributed by atoms with E-state index in [4.69, 9.17) is 26.2 Å². The van der Waals surface area contributed by atoms with Gasteiger partial charge in [-0.15, -0.1) is 5.10 Å². The van der Waals surface area contributed by atoms with E-state index in [-0.39, 0.29) is 12.6 Å². The minimum Gasteiger partial charge on any atom is -0.467 e. The summed E-state index contributed by atoms with van der Waals surface area (Å²) < 4.78 is 12.4. The number of allylic oxidation sites excluding steroid dienone is 2. The van der Waals surface area contributed by atoms with Crippen LogP contribution in [0.1, 0.15) is 12.8 Å². The highest BCUT2D eigenvalue weighted by atomic mass is 35.5. The van der Waals surface area contributed by atoms with Gasteiger partial charge in [-0.05, 0) is 43.2 Å². The highest BCUT2D eigenvalue weighted by Crippen LogP contribution is 2.17. The zero-order valence-corrected chi connectivity index (χ0v) is 16.4. The Morgan fingerprint density at radius 2 is 2.11 bits per heavy atom. The van der Waals surface area contributed by atoms with Crippen molar-refractivity contribution < 1.29 is 14.3 Å². The van der Waals surface area contributed by atoms with Gasteiger partial charge in [-0.1, -0.05) is 29.8 Å². The van der Waals surface area contributed by atoms with Crippen LogP contribution in [0.15, 0.2) is 36.4 Å². The number of aromatic nitrogens is 2. The molecule has 1 aromatic heterocycles. The van der Waals surface area contributed by atoms with Crippen LogP contribution >= 0.6 is 11.6 Å². The number of esters is 1. The number of rotatable bonds is 3. The topological polar surface area (TPSA) is 56.6 Å². The van der Waals surface area contributed by atoms with Crippen LogP contribution in [-0.2, 0) is 14.3 Å². The van der Waals surface area contributed by atoms with E-state index in [1.165, 1.54) is 7.11 Å². The smallest absolute Gasteiger partial charge is 0.330 e. The van der Waals surface area contributed by atoms with Crippen molar-refractivity contribution in [1.29, 1.82) is 0 Å². The van der Waals surface area contributed by atoms with E-state index in [1.54, 1.807) is 0 Å². The van der Waals surface area contributed by atoms with Gasteiger partial charge in [-0.2, -0.15) is 0 Å². The van der Waals surface area contributed by atoms with Gasteiger partial charge in [0.25, 0.3) is 0 Å². The first-order valence-electron chi connectivity index (χ1n) is 9.33. The summed E-state index contributed by atoms with van der Waals surface area (Å²) in [5.41, 5.74) is 0.920. The minimum atomic E-state index is -0.515. The number of hydrogen-bond donors (Lipinski definition) is 0. The Bertz CT molecular complexity index is 1010. The second-order valence-electron chi connectivity index (χ2n) is 6.69. The molecule has 4 rings (SSSR count). The van der Waals surface area contributed by atoms with Crippen LogP contribution in [0, 0.1) is 0 Å². The van der Waals surface area contributed by atoms with Crippen molar-refractivity contribution in [3.8, 4) is 5.69 Å². The molecule has 0 radical (unpaired) electrons. The highest BCUT2D eigenvalue weighted by Gasteiger charge is 2.33. The fourth-order valence-corrected chi connectivity index (χ4v) is 3.67. The molecule has 1 aliphatic carbocycles. The zero-order chi connectivity index (χ0) is 19.5. The van der Waals surface area contributed by atoms with Crippen LogP contribution in [0.25, 0.3) is 17.8 Å². The standard InChI is InChI=1S/C21H22ClN3O3/c1-27-21(26)19-14-28-13-12-24(19)20-17-6-4-2-3-5-7-18(17)25(23-20)16-10-8-15(22)9-11-16/h2,4,6-11,19H,3,5,12-14H2,1H3. The third-order valence-corrected chi connectivity index (χ3v) is 5.21. The van der Waals surface area contributed by atoms with Gasteiger partial charge in [0, 0.05) is 16.8 Å². The lowest BCUT2D eigenvalue weighted by atomic mass is 10.1. The van der Waals surface area contributed by atoms with E-state index in [9.17, 15) is 4.79 Å². The molecule has 0 N–H and O–H groups in total. The molecule has 0 spiro atoms. The summed E-state index contributed by atoms with van der Waals surface area (Å²) in [4.78, 5) is 14.3. The summed E-state index contributed by atoms with van der Waals surface area (Å²) in [6, 6.07) is 7.07. The molecule has 146 valence electrons. The predicted molar refractivity (Wildman–Crippen MR) is 109 cm³/mol. The van der Waals surface area contributed by atoms with E-state index >= 15 is 0 Å². The van der Waals surface area contributed by atoms with Gasteiger partial charge in [0.2, 0.25) is 0 Å². The van der Waals surface area contributed by atoms with E-state index in [0.717, 1.165) is 34.9 Å². The maximum Gasteiger partial charge on any atom is 0.330 e. The van der Waals surface area contributed by atoms with E-state index in [0.29, 0.717) is 18.2 Å². The predicted octanol–water partition coefficient (Wildman–Crippen LogP) is 1.81. The van der Waals surface area contributed by atoms with Gasteiger partial charge in [0.1, 0.15) is 0 Å². The van der Waals surface area contributed by atoms with Crippen molar-refractivity contribution in [2.24, 2.45) is 0 Å². The summed E-state index contributed by atoms with van der Waals surface area (Å²) in [6.45, 7) is 1.39. The molecule has 1 atom stereocenters. The Kier molecular flexibility index (Phi) is 5.50. The van der Waals surface area contributed by atoms with Crippen LogP contribution in [0.3, 0.4) is 0 Å². The summed E-state index contributed by atoms with van der Waals surface area (Å²) in [7, 11) is 1.40.